The Bertz CT molecular complexity index is 632. The van der Waals surface area contributed by atoms with Gasteiger partial charge in [-0.3, -0.25) is 9.89 Å². The lowest BCUT2D eigenvalue weighted by Gasteiger charge is -2.35. The molecule has 1 aliphatic carbocycles. The topological polar surface area (TPSA) is 58.1 Å². The maximum absolute atomic E-state index is 5.66. The van der Waals surface area contributed by atoms with E-state index in [0.29, 0.717) is 11.5 Å². The fourth-order valence-electron chi connectivity index (χ4n) is 4.78. The zero-order valence-corrected chi connectivity index (χ0v) is 21.6. The van der Waals surface area contributed by atoms with Gasteiger partial charge in [0.1, 0.15) is 0 Å². The standard InChI is InChI=1S/C24H40N4O2.HI/c1-3-29-16-13-24(11-7-8-12-24)20-27-23(25-2)26-19-22(21-9-5-4-6-10-21)28-14-17-30-18-15-28;/h4-6,9-10,22H,3,7-8,11-20H2,1-2H3,(H2,25,26,27);1H. The van der Waals surface area contributed by atoms with Crippen LogP contribution in [0.3, 0.4) is 0 Å². The van der Waals surface area contributed by atoms with Crippen LogP contribution in [0.4, 0.5) is 0 Å². The van der Waals surface area contributed by atoms with E-state index in [0.717, 1.165) is 65.0 Å². The summed E-state index contributed by atoms with van der Waals surface area (Å²) < 4.78 is 11.2. The lowest BCUT2D eigenvalue weighted by Crippen LogP contribution is -2.48. The first-order valence-electron chi connectivity index (χ1n) is 11.7. The fraction of sp³-hybridized carbons (Fsp3) is 0.708. The molecule has 3 rings (SSSR count). The van der Waals surface area contributed by atoms with Crippen molar-refractivity contribution in [1.82, 2.24) is 15.5 Å². The number of halogens is 1. The quantitative estimate of drug-likeness (QED) is 0.203. The van der Waals surface area contributed by atoms with Gasteiger partial charge >= 0.3 is 0 Å². The molecule has 1 aliphatic heterocycles. The molecule has 0 spiro atoms. The third-order valence-corrected chi connectivity index (χ3v) is 6.63. The van der Waals surface area contributed by atoms with Crippen LogP contribution < -0.4 is 10.6 Å². The number of guanidine groups is 1. The number of rotatable bonds is 10. The number of aliphatic imine (C=N–C) groups is 1. The second kappa shape index (κ2) is 14.3. The average Bonchev–Trinajstić information content (AvgIpc) is 3.26. The van der Waals surface area contributed by atoms with E-state index in [1.807, 2.05) is 7.05 Å². The third kappa shape index (κ3) is 8.18. The van der Waals surface area contributed by atoms with Crippen molar-refractivity contribution < 1.29 is 9.47 Å². The minimum absolute atomic E-state index is 0. The van der Waals surface area contributed by atoms with Gasteiger partial charge in [-0.2, -0.15) is 0 Å². The summed E-state index contributed by atoms with van der Waals surface area (Å²) in [5.41, 5.74) is 1.68. The Morgan fingerprint density at radius 1 is 1.16 bits per heavy atom. The lowest BCUT2D eigenvalue weighted by atomic mass is 9.83. The van der Waals surface area contributed by atoms with Crippen LogP contribution in [0.5, 0.6) is 0 Å². The first-order valence-corrected chi connectivity index (χ1v) is 11.7. The summed E-state index contributed by atoms with van der Waals surface area (Å²) >= 11 is 0. The molecule has 31 heavy (non-hydrogen) atoms. The van der Waals surface area contributed by atoms with Crippen molar-refractivity contribution in [2.75, 3.05) is 59.7 Å². The van der Waals surface area contributed by atoms with Gasteiger partial charge in [0.2, 0.25) is 0 Å². The first kappa shape index (κ1) is 26.4. The maximum atomic E-state index is 5.66. The molecule has 2 N–H and O–H groups in total. The first-order chi connectivity index (χ1) is 14.8. The maximum Gasteiger partial charge on any atom is 0.191 e. The van der Waals surface area contributed by atoms with Crippen molar-refractivity contribution in [3.8, 4) is 0 Å². The predicted octanol–water partition coefficient (Wildman–Crippen LogP) is 3.83. The van der Waals surface area contributed by atoms with E-state index in [4.69, 9.17) is 9.47 Å². The van der Waals surface area contributed by atoms with E-state index in [-0.39, 0.29) is 24.0 Å². The van der Waals surface area contributed by atoms with E-state index in [1.165, 1.54) is 31.2 Å². The van der Waals surface area contributed by atoms with Crippen molar-refractivity contribution in [3.63, 3.8) is 0 Å². The Morgan fingerprint density at radius 3 is 2.52 bits per heavy atom. The molecule has 2 aliphatic rings. The molecule has 0 aromatic heterocycles. The molecule has 6 nitrogen and oxygen atoms in total. The van der Waals surface area contributed by atoms with Crippen molar-refractivity contribution in [1.29, 1.82) is 0 Å². The van der Waals surface area contributed by atoms with Crippen LogP contribution in [0, 0.1) is 5.41 Å². The van der Waals surface area contributed by atoms with Crippen LogP contribution in [-0.4, -0.2) is 70.5 Å². The Kier molecular flexibility index (Phi) is 12.1. The van der Waals surface area contributed by atoms with Gasteiger partial charge in [0.25, 0.3) is 0 Å². The molecule has 1 aromatic rings. The molecule has 0 amide bonds. The Hall–Kier alpha value is -0.900. The minimum Gasteiger partial charge on any atom is -0.382 e. The Labute approximate surface area is 205 Å². The van der Waals surface area contributed by atoms with Gasteiger partial charge in [0, 0.05) is 46.4 Å². The minimum atomic E-state index is 0. The van der Waals surface area contributed by atoms with E-state index >= 15 is 0 Å². The van der Waals surface area contributed by atoms with Crippen LogP contribution in [0.15, 0.2) is 35.3 Å². The molecule has 1 saturated carbocycles. The largest absolute Gasteiger partial charge is 0.382 e. The average molecular weight is 545 g/mol. The van der Waals surface area contributed by atoms with Crippen LogP contribution in [0.2, 0.25) is 0 Å². The molecule has 176 valence electrons. The predicted molar refractivity (Wildman–Crippen MR) is 138 cm³/mol. The molecule has 1 atom stereocenters. The summed E-state index contributed by atoms with van der Waals surface area (Å²) in [6.07, 6.45) is 6.35. The SMILES string of the molecule is CCOCCC1(CNC(=NC)NCC(c2ccccc2)N2CCOCC2)CCCC1.I. The summed E-state index contributed by atoms with van der Waals surface area (Å²) in [4.78, 5) is 7.02. The van der Waals surface area contributed by atoms with E-state index in [2.05, 4.69) is 57.8 Å². The van der Waals surface area contributed by atoms with Gasteiger partial charge in [-0.1, -0.05) is 43.2 Å². The highest BCUT2D eigenvalue weighted by atomic mass is 127. The molecule has 7 heteroatoms. The van der Waals surface area contributed by atoms with E-state index in [1.54, 1.807) is 0 Å². The van der Waals surface area contributed by atoms with Gasteiger partial charge < -0.3 is 20.1 Å². The summed E-state index contributed by atoms with van der Waals surface area (Å²) in [6.45, 7) is 9.07. The van der Waals surface area contributed by atoms with Gasteiger partial charge in [-0.25, -0.2) is 0 Å². The number of benzene rings is 1. The van der Waals surface area contributed by atoms with Crippen LogP contribution in [0.1, 0.15) is 50.6 Å². The zero-order valence-electron chi connectivity index (χ0n) is 19.3. The van der Waals surface area contributed by atoms with Gasteiger partial charge in [0.05, 0.1) is 19.3 Å². The molecular weight excluding hydrogens is 503 g/mol. The van der Waals surface area contributed by atoms with Crippen LogP contribution >= 0.6 is 24.0 Å². The van der Waals surface area contributed by atoms with E-state index < -0.39 is 0 Å². The highest BCUT2D eigenvalue weighted by molar-refractivity contribution is 14.0. The number of nitrogens with one attached hydrogen (secondary N) is 2. The van der Waals surface area contributed by atoms with Gasteiger partial charge in [-0.15, -0.1) is 24.0 Å². The van der Waals surface area contributed by atoms with Gasteiger partial charge in [0.15, 0.2) is 5.96 Å². The number of nitrogens with zero attached hydrogens (tertiary/aromatic N) is 2. The monoisotopic (exact) mass is 544 g/mol. The van der Waals surface area contributed by atoms with Crippen molar-refractivity contribution in [2.45, 2.75) is 45.1 Å². The molecule has 0 bridgehead atoms. The summed E-state index contributed by atoms with van der Waals surface area (Å²) in [5, 5.41) is 7.23. The molecular formula is C24H41IN4O2. The Balaban J connectivity index is 0.00000341. The molecule has 1 heterocycles. The van der Waals surface area contributed by atoms with E-state index in [9.17, 15) is 0 Å². The fourth-order valence-corrected chi connectivity index (χ4v) is 4.78. The van der Waals surface area contributed by atoms with Crippen LogP contribution in [-0.2, 0) is 9.47 Å². The third-order valence-electron chi connectivity index (χ3n) is 6.63. The zero-order chi connectivity index (χ0) is 21.1. The van der Waals surface area contributed by atoms with Crippen molar-refractivity contribution >= 4 is 29.9 Å². The van der Waals surface area contributed by atoms with Crippen molar-refractivity contribution in [2.24, 2.45) is 10.4 Å². The molecule has 1 unspecified atom stereocenters. The van der Waals surface area contributed by atoms with Gasteiger partial charge in [-0.05, 0) is 37.2 Å². The summed E-state index contributed by atoms with van der Waals surface area (Å²) in [7, 11) is 1.86. The molecule has 2 fully saturated rings. The Morgan fingerprint density at radius 2 is 1.87 bits per heavy atom. The number of ether oxygens (including phenoxy) is 2. The van der Waals surface area contributed by atoms with Crippen molar-refractivity contribution in [3.05, 3.63) is 35.9 Å². The van der Waals surface area contributed by atoms with Crippen LogP contribution in [0.25, 0.3) is 0 Å². The lowest BCUT2D eigenvalue weighted by molar-refractivity contribution is 0.0170. The molecule has 1 saturated heterocycles. The highest BCUT2D eigenvalue weighted by Gasteiger charge is 2.33. The summed E-state index contributed by atoms with van der Waals surface area (Å²) in [5.74, 6) is 0.895. The number of hydrogen-bond donors (Lipinski definition) is 2. The normalized spacial score (nSPS) is 20.1. The molecule has 0 radical (unpaired) electrons. The smallest absolute Gasteiger partial charge is 0.191 e. The molecule has 1 aromatic carbocycles. The number of morpholine rings is 1. The summed E-state index contributed by atoms with van der Waals surface area (Å²) in [6, 6.07) is 11.1. The number of hydrogen-bond acceptors (Lipinski definition) is 4. The second-order valence-electron chi connectivity index (χ2n) is 8.54. The highest BCUT2D eigenvalue weighted by Crippen LogP contribution is 2.40. The second-order valence-corrected chi connectivity index (χ2v) is 8.54.